The summed E-state index contributed by atoms with van der Waals surface area (Å²) in [5, 5.41) is 0. The first kappa shape index (κ1) is 17.2. The summed E-state index contributed by atoms with van der Waals surface area (Å²) < 4.78 is 5.42. The molecule has 1 amide bonds. The van der Waals surface area contributed by atoms with Gasteiger partial charge in [-0.3, -0.25) is 9.59 Å². The van der Waals surface area contributed by atoms with Crippen molar-refractivity contribution < 1.29 is 14.3 Å². The van der Waals surface area contributed by atoms with Crippen molar-refractivity contribution in [2.45, 2.75) is 32.9 Å². The zero-order chi connectivity index (χ0) is 17.8. The second kappa shape index (κ2) is 7.51. The molecule has 1 heterocycles. The van der Waals surface area contributed by atoms with Crippen LogP contribution in [0.4, 0.5) is 0 Å². The summed E-state index contributed by atoms with van der Waals surface area (Å²) in [5.74, 6) is -0.672. The van der Waals surface area contributed by atoms with Gasteiger partial charge in [-0.05, 0) is 25.0 Å². The lowest BCUT2D eigenvalue weighted by molar-refractivity contribution is -0.149. The Hall–Kier alpha value is -2.62. The first-order chi connectivity index (χ1) is 12.0. The molecule has 2 aromatic rings. The minimum Gasteiger partial charge on any atom is -0.461 e. The standard InChI is InChI=1S/C21H23NO3/c1-15-8-10-17(11-9-15)14-25-21(24)19-12-20(23)22(13-19)16(2)18-6-4-3-5-7-18/h3-11,16,19H,12-14H2,1-2H3/t16-,19+/m0/s1. The number of rotatable bonds is 5. The Labute approximate surface area is 148 Å². The number of likely N-dealkylation sites (tertiary alicyclic amines) is 1. The van der Waals surface area contributed by atoms with E-state index in [1.54, 1.807) is 4.90 Å². The van der Waals surface area contributed by atoms with E-state index in [1.807, 2.05) is 68.4 Å². The van der Waals surface area contributed by atoms with Crippen LogP contribution in [0.1, 0.15) is 36.1 Å². The maximum absolute atomic E-state index is 12.3. The fraction of sp³-hybridized carbons (Fsp3) is 0.333. The van der Waals surface area contributed by atoms with E-state index in [2.05, 4.69) is 0 Å². The van der Waals surface area contributed by atoms with E-state index in [9.17, 15) is 9.59 Å². The lowest BCUT2D eigenvalue weighted by Gasteiger charge is -2.25. The van der Waals surface area contributed by atoms with Gasteiger partial charge < -0.3 is 9.64 Å². The van der Waals surface area contributed by atoms with Gasteiger partial charge in [0.1, 0.15) is 6.61 Å². The van der Waals surface area contributed by atoms with Gasteiger partial charge in [0, 0.05) is 13.0 Å². The molecule has 130 valence electrons. The van der Waals surface area contributed by atoms with Crippen molar-refractivity contribution in [2.24, 2.45) is 5.92 Å². The molecule has 4 heteroatoms. The van der Waals surface area contributed by atoms with Crippen LogP contribution in [0.15, 0.2) is 54.6 Å². The third kappa shape index (κ3) is 4.08. The quantitative estimate of drug-likeness (QED) is 0.783. The van der Waals surface area contributed by atoms with Gasteiger partial charge in [-0.25, -0.2) is 0 Å². The van der Waals surface area contributed by atoms with Crippen molar-refractivity contribution in [3.63, 3.8) is 0 Å². The summed E-state index contributed by atoms with van der Waals surface area (Å²) in [6.45, 7) is 4.68. The zero-order valence-corrected chi connectivity index (χ0v) is 14.6. The van der Waals surface area contributed by atoms with Gasteiger partial charge in [-0.2, -0.15) is 0 Å². The number of benzene rings is 2. The topological polar surface area (TPSA) is 46.6 Å². The molecular formula is C21H23NO3. The molecule has 1 saturated heterocycles. The summed E-state index contributed by atoms with van der Waals surface area (Å²) in [5.41, 5.74) is 3.20. The normalized spacial score (nSPS) is 18.2. The Morgan fingerprint density at radius 3 is 2.52 bits per heavy atom. The third-order valence-electron chi connectivity index (χ3n) is 4.74. The minimum atomic E-state index is -0.385. The fourth-order valence-electron chi connectivity index (χ4n) is 3.13. The summed E-state index contributed by atoms with van der Waals surface area (Å²) in [6.07, 6.45) is 0.226. The number of nitrogens with zero attached hydrogens (tertiary/aromatic N) is 1. The van der Waals surface area contributed by atoms with E-state index < -0.39 is 0 Å². The Morgan fingerprint density at radius 1 is 1.16 bits per heavy atom. The molecular weight excluding hydrogens is 314 g/mol. The van der Waals surface area contributed by atoms with Crippen molar-refractivity contribution >= 4 is 11.9 Å². The highest BCUT2D eigenvalue weighted by Crippen LogP contribution is 2.29. The molecule has 3 rings (SSSR count). The first-order valence-electron chi connectivity index (χ1n) is 8.61. The minimum absolute atomic E-state index is 0.00800. The lowest BCUT2D eigenvalue weighted by Crippen LogP contribution is -2.29. The molecule has 0 radical (unpaired) electrons. The number of ether oxygens (including phenoxy) is 1. The monoisotopic (exact) mass is 337 g/mol. The molecule has 0 saturated carbocycles. The average Bonchev–Trinajstić information content (AvgIpc) is 3.03. The number of hydrogen-bond donors (Lipinski definition) is 0. The van der Waals surface area contributed by atoms with Gasteiger partial charge in [0.25, 0.3) is 0 Å². The maximum atomic E-state index is 12.3. The molecule has 1 fully saturated rings. The van der Waals surface area contributed by atoms with Crippen molar-refractivity contribution in [1.29, 1.82) is 0 Å². The summed E-state index contributed by atoms with van der Waals surface area (Å²) in [7, 11) is 0. The Kier molecular flexibility index (Phi) is 5.17. The summed E-state index contributed by atoms with van der Waals surface area (Å²) >= 11 is 0. The van der Waals surface area contributed by atoms with E-state index in [1.165, 1.54) is 5.56 Å². The molecule has 4 nitrogen and oxygen atoms in total. The molecule has 0 bridgehead atoms. The smallest absolute Gasteiger partial charge is 0.311 e. The predicted molar refractivity (Wildman–Crippen MR) is 95.7 cm³/mol. The van der Waals surface area contributed by atoms with Gasteiger partial charge in [-0.15, -0.1) is 0 Å². The molecule has 25 heavy (non-hydrogen) atoms. The molecule has 0 spiro atoms. The molecule has 0 aromatic heterocycles. The SMILES string of the molecule is Cc1ccc(COC(=O)[C@@H]2CC(=O)N([C@@H](C)c3ccccc3)C2)cc1. The third-order valence-corrected chi connectivity index (χ3v) is 4.74. The number of esters is 1. The number of aryl methyl sites for hydroxylation is 1. The summed E-state index contributed by atoms with van der Waals surface area (Å²) in [4.78, 5) is 26.4. The molecule has 0 N–H and O–H groups in total. The maximum Gasteiger partial charge on any atom is 0.311 e. The van der Waals surface area contributed by atoms with Crippen LogP contribution in [0.25, 0.3) is 0 Å². The van der Waals surface area contributed by atoms with E-state index >= 15 is 0 Å². The summed E-state index contributed by atoms with van der Waals surface area (Å²) in [6, 6.07) is 17.7. The highest BCUT2D eigenvalue weighted by Gasteiger charge is 2.37. The van der Waals surface area contributed by atoms with Crippen LogP contribution in [-0.2, 0) is 20.9 Å². The second-order valence-electron chi connectivity index (χ2n) is 6.63. The van der Waals surface area contributed by atoms with Crippen molar-refractivity contribution in [2.75, 3.05) is 6.54 Å². The molecule has 0 aliphatic carbocycles. The van der Waals surface area contributed by atoms with E-state index in [0.717, 1.165) is 11.1 Å². The van der Waals surface area contributed by atoms with Crippen LogP contribution in [0.2, 0.25) is 0 Å². The fourth-order valence-corrected chi connectivity index (χ4v) is 3.13. The van der Waals surface area contributed by atoms with Crippen LogP contribution in [0.5, 0.6) is 0 Å². The van der Waals surface area contributed by atoms with Gasteiger partial charge in [0.15, 0.2) is 0 Å². The van der Waals surface area contributed by atoms with Crippen LogP contribution in [0, 0.1) is 12.8 Å². The van der Waals surface area contributed by atoms with Gasteiger partial charge in [-0.1, -0.05) is 60.2 Å². The first-order valence-corrected chi connectivity index (χ1v) is 8.61. The zero-order valence-electron chi connectivity index (χ0n) is 14.6. The van der Waals surface area contributed by atoms with Crippen LogP contribution >= 0.6 is 0 Å². The molecule has 1 aliphatic rings. The molecule has 1 aliphatic heterocycles. The Morgan fingerprint density at radius 2 is 1.84 bits per heavy atom. The number of carbonyl (C=O) groups is 2. The molecule has 2 atom stereocenters. The average molecular weight is 337 g/mol. The van der Waals surface area contributed by atoms with E-state index in [4.69, 9.17) is 4.74 Å². The number of amides is 1. The van der Waals surface area contributed by atoms with Crippen molar-refractivity contribution in [3.05, 3.63) is 71.3 Å². The van der Waals surface area contributed by atoms with E-state index in [-0.39, 0.29) is 36.9 Å². The van der Waals surface area contributed by atoms with Gasteiger partial charge >= 0.3 is 5.97 Å². The Balaban J connectivity index is 1.58. The second-order valence-corrected chi connectivity index (χ2v) is 6.63. The van der Waals surface area contributed by atoms with Gasteiger partial charge in [0.05, 0.1) is 12.0 Å². The van der Waals surface area contributed by atoms with Crippen molar-refractivity contribution in [3.8, 4) is 0 Å². The lowest BCUT2D eigenvalue weighted by atomic mass is 10.1. The molecule has 2 aromatic carbocycles. The highest BCUT2D eigenvalue weighted by molar-refractivity contribution is 5.87. The largest absolute Gasteiger partial charge is 0.461 e. The number of hydrogen-bond acceptors (Lipinski definition) is 3. The van der Waals surface area contributed by atoms with E-state index in [0.29, 0.717) is 6.54 Å². The predicted octanol–water partition coefficient (Wildman–Crippen LogP) is 3.65. The molecule has 0 unspecified atom stereocenters. The van der Waals surface area contributed by atoms with Crippen LogP contribution in [-0.4, -0.2) is 23.3 Å². The highest BCUT2D eigenvalue weighted by atomic mass is 16.5. The van der Waals surface area contributed by atoms with Crippen LogP contribution in [0.3, 0.4) is 0 Å². The van der Waals surface area contributed by atoms with Crippen molar-refractivity contribution in [1.82, 2.24) is 4.90 Å². The number of carbonyl (C=O) groups excluding carboxylic acids is 2. The van der Waals surface area contributed by atoms with Crippen LogP contribution < -0.4 is 0 Å². The van der Waals surface area contributed by atoms with Gasteiger partial charge in [0.2, 0.25) is 5.91 Å². The Bertz CT molecular complexity index is 739.